The smallest absolute Gasteiger partial charge is 0.369 e. The minimum atomic E-state index is -0.883. The van der Waals surface area contributed by atoms with Crippen LogP contribution in [0.25, 0.3) is 98.4 Å². The third-order valence-electron chi connectivity index (χ3n) is 19.5. The van der Waals surface area contributed by atoms with Gasteiger partial charge in [-0.2, -0.15) is 13.1 Å². The summed E-state index contributed by atoms with van der Waals surface area (Å²) in [6, 6.07) is 39.2. The number of phenolic OH excluding ortho intramolecular Hbond substituents is 1. The van der Waals surface area contributed by atoms with Crippen LogP contribution in [-0.2, 0) is 14.4 Å². The first-order valence-corrected chi connectivity index (χ1v) is 42.4. The molecule has 3 aliphatic rings. The molecule has 0 unspecified atom stereocenters. The van der Waals surface area contributed by atoms with Crippen LogP contribution < -0.4 is 24.2 Å². The number of carbonyl (C=O) groups is 3. The summed E-state index contributed by atoms with van der Waals surface area (Å²) >= 11 is 33.2. The minimum absolute atomic E-state index is 0.0231. The molecule has 2 amide bonds. The van der Waals surface area contributed by atoms with E-state index in [4.69, 9.17) is 54.5 Å². The van der Waals surface area contributed by atoms with Crippen molar-refractivity contribution in [2.45, 2.75) is 65.2 Å². The fourth-order valence-corrected chi connectivity index (χ4v) is 17.6. The molecule has 3 saturated heterocycles. The van der Waals surface area contributed by atoms with Gasteiger partial charge in [0.25, 0.3) is 0 Å². The van der Waals surface area contributed by atoms with Crippen molar-refractivity contribution in [2.75, 3.05) is 101 Å². The first kappa shape index (κ1) is 84.9. The lowest BCUT2D eigenvalue weighted by Crippen LogP contribution is -2.49. The van der Waals surface area contributed by atoms with E-state index >= 15 is 13.2 Å². The second-order valence-corrected chi connectivity index (χ2v) is 36.7. The number of halogens is 9. The number of phenols is 1. The number of methoxy groups -OCH3 is 2. The summed E-state index contributed by atoms with van der Waals surface area (Å²) in [6.45, 7) is 21.4. The molecule has 0 radical (unpaired) electrons. The van der Waals surface area contributed by atoms with Crippen LogP contribution >= 0.6 is 117 Å². The van der Waals surface area contributed by atoms with Crippen LogP contribution in [0, 0.1) is 17.5 Å². The molecule has 3 aliphatic heterocycles. The van der Waals surface area contributed by atoms with Gasteiger partial charge in [0.2, 0.25) is 11.8 Å². The molecule has 29 heteroatoms. The number of hydrogen-bond donors (Lipinski definition) is 3. The van der Waals surface area contributed by atoms with Crippen molar-refractivity contribution in [3.05, 3.63) is 196 Å². The lowest BCUT2D eigenvalue weighted by atomic mass is 9.96. The van der Waals surface area contributed by atoms with Crippen LogP contribution in [0.5, 0.6) is 17.2 Å². The quantitative estimate of drug-likeness (QED) is 0.0578. The van der Waals surface area contributed by atoms with Crippen LogP contribution in [0.4, 0.5) is 28.2 Å². The number of aromatic hydroxyl groups is 1. The van der Waals surface area contributed by atoms with Gasteiger partial charge in [0.15, 0.2) is 17.5 Å². The predicted octanol–water partition coefficient (Wildman–Crippen LogP) is 22.6. The Morgan fingerprint density at radius 2 is 0.812 bits per heavy atom. The predicted molar refractivity (Wildman–Crippen MR) is 470 cm³/mol. The Kier molecular flexibility index (Phi) is 29.5. The van der Waals surface area contributed by atoms with Gasteiger partial charge in [-0.05, 0) is 170 Å². The number of benzene rings is 9. The van der Waals surface area contributed by atoms with Gasteiger partial charge in [-0.25, -0.2) is 18.0 Å². The minimum Gasteiger partial charge on any atom is -0.508 e. The van der Waals surface area contributed by atoms with Gasteiger partial charge in [0.05, 0.1) is 29.3 Å². The zero-order valence-electron chi connectivity index (χ0n) is 61.8. The summed E-state index contributed by atoms with van der Waals surface area (Å²) in [5.74, 6) is -1.02. The largest absolute Gasteiger partial charge is 0.508 e. The first-order valence-electron chi connectivity index (χ1n) is 36.2. The summed E-state index contributed by atoms with van der Waals surface area (Å²) in [5.41, 5.74) is 5.07. The van der Waals surface area contributed by atoms with Crippen molar-refractivity contribution >= 4 is 218 Å². The van der Waals surface area contributed by atoms with Crippen molar-refractivity contribution in [1.29, 1.82) is 0 Å². The van der Waals surface area contributed by atoms with Crippen molar-refractivity contribution in [1.82, 2.24) is 22.9 Å². The molecule has 3 fully saturated rings. The molecule has 584 valence electrons. The Morgan fingerprint density at radius 3 is 1.15 bits per heavy atom. The fourth-order valence-electron chi connectivity index (χ4n) is 14.0. The summed E-state index contributed by atoms with van der Waals surface area (Å²) in [7, 11) is 3.20. The number of aliphatic hydroxyl groups is 1. The van der Waals surface area contributed by atoms with E-state index in [1.165, 1.54) is 47.1 Å². The number of rotatable bonds is 17. The number of carboxylic acids is 1. The number of fused-ring (bicyclic) bond motifs is 6. The van der Waals surface area contributed by atoms with Gasteiger partial charge >= 0.3 is 9.15 Å². The number of nitrogens with zero attached hydrogens (tertiary/aromatic N) is 8. The monoisotopic (exact) mass is 1820 g/mol. The molecule has 6 heterocycles. The molecular weight excluding hydrogens is 1750 g/mol. The van der Waals surface area contributed by atoms with Crippen LogP contribution in [-0.4, -0.2) is 145 Å². The second kappa shape index (κ2) is 38.9. The maximum absolute atomic E-state index is 16.0. The number of piperazine rings is 2. The molecule has 9 aromatic carbocycles. The number of carbonyl (C=O) groups excluding carboxylic acids is 2. The van der Waals surface area contributed by atoms with Gasteiger partial charge in [-0.15, -0.1) is 47.3 Å². The number of aliphatic hydroxyl groups excluding tert-OH is 1. The van der Waals surface area contributed by atoms with E-state index in [0.29, 0.717) is 148 Å². The van der Waals surface area contributed by atoms with Crippen molar-refractivity contribution < 1.29 is 52.3 Å². The molecule has 0 bridgehead atoms. The number of piperidine rings is 1. The highest BCUT2D eigenvalue weighted by molar-refractivity contribution is 9.69. The van der Waals surface area contributed by atoms with Crippen LogP contribution in [0.3, 0.4) is 0 Å². The average Bonchev–Trinajstić information content (AvgIpc) is 1.46. The third-order valence-corrected chi connectivity index (χ3v) is 23.2. The maximum Gasteiger partial charge on any atom is 0.369 e. The molecule has 112 heavy (non-hydrogen) atoms. The van der Waals surface area contributed by atoms with E-state index in [-0.39, 0.29) is 55.7 Å². The van der Waals surface area contributed by atoms with Gasteiger partial charge in [-0.3, -0.25) is 9.59 Å². The number of hydrogen-bond acceptors (Lipinski definition) is 16. The van der Waals surface area contributed by atoms with Crippen molar-refractivity contribution in [2.24, 2.45) is 0 Å². The Bertz CT molecular complexity index is 5520. The topological polar surface area (TPSA) is 185 Å². The molecule has 0 saturated carbocycles. The highest BCUT2D eigenvalue weighted by Gasteiger charge is 2.31. The van der Waals surface area contributed by atoms with E-state index in [2.05, 4.69) is 94.8 Å². The van der Waals surface area contributed by atoms with E-state index in [1.807, 2.05) is 128 Å². The lowest BCUT2D eigenvalue weighted by molar-refractivity contribution is -0.133. The normalized spacial score (nSPS) is 13.6. The van der Waals surface area contributed by atoms with Gasteiger partial charge in [0, 0.05) is 128 Å². The number of aromatic nitrogens is 3. The van der Waals surface area contributed by atoms with Crippen molar-refractivity contribution in [3.63, 3.8) is 0 Å². The molecule has 3 N–H and O–H groups in total. The number of aliphatic carboxylic acids is 1. The SMILES string of the molecule is BrB(Br)Br.C=C(CCC)C(=O)N1CCN(c2snc3c(F)c(-c4cc(OC)cc5ccccc45)c(Cl)cc23)CC1.C=C(CCC)C(=O)O.C=C(CCO)C(=O)N1CCN(c2snc3c(F)c(-c4cc(O)cc5ccccc45)c(Cl)cc23)CC1.COc1cc(-c2c(Cl)cc3c(N4CCCCC4)snc3c2F)c2ccccc2c1. The highest BCUT2D eigenvalue weighted by Crippen LogP contribution is 2.48. The molecule has 0 aliphatic carbocycles. The summed E-state index contributed by atoms with van der Waals surface area (Å²) in [6.07, 6.45) is 6.87. The van der Waals surface area contributed by atoms with Gasteiger partial charge in [-0.1, -0.05) is 154 Å². The second-order valence-electron chi connectivity index (χ2n) is 26.7. The Morgan fingerprint density at radius 1 is 0.482 bits per heavy atom. The van der Waals surface area contributed by atoms with Gasteiger partial charge in [0.1, 0.15) is 48.8 Å². The Labute approximate surface area is 700 Å². The number of anilines is 3. The molecule has 0 atom stereocenters. The number of amides is 2. The third kappa shape index (κ3) is 19.2. The summed E-state index contributed by atoms with van der Waals surface area (Å²) in [4.78, 5) is 45.2. The van der Waals surface area contributed by atoms with E-state index in [1.54, 1.807) is 31.3 Å². The summed E-state index contributed by atoms with van der Waals surface area (Å²) in [5, 5.41) is 38.6. The zero-order chi connectivity index (χ0) is 80.2. The lowest BCUT2D eigenvalue weighted by Gasteiger charge is -2.35. The van der Waals surface area contributed by atoms with E-state index < -0.39 is 17.6 Å². The molecule has 0 spiro atoms. The molecule has 16 nitrogen and oxygen atoms in total. The van der Waals surface area contributed by atoms with Crippen LogP contribution in [0.1, 0.15) is 65.2 Å². The fraction of sp³-hybridized carbons (Fsp3) is 0.277. The summed E-state index contributed by atoms with van der Waals surface area (Å²) < 4.78 is 72.2. The maximum atomic E-state index is 16.0. The van der Waals surface area contributed by atoms with E-state index in [0.717, 1.165) is 97.0 Å². The highest BCUT2D eigenvalue weighted by atomic mass is 79.9. The van der Waals surface area contributed by atoms with Gasteiger partial charge < -0.3 is 49.3 Å². The molecule has 3 aromatic heterocycles. The molecule has 12 aromatic rings. The van der Waals surface area contributed by atoms with Crippen LogP contribution in [0.2, 0.25) is 15.1 Å². The number of ether oxygens (including phenoxy) is 2. The number of carboxylic acid groups (broad SMARTS) is 1. The van der Waals surface area contributed by atoms with Crippen molar-refractivity contribution in [3.8, 4) is 50.6 Å². The van der Waals surface area contributed by atoms with E-state index in [9.17, 15) is 19.5 Å². The average molecular weight is 1830 g/mol. The standard InChI is InChI=1S/C28H27ClFN3O2S.C26H23ClFN3O3S.C23H20ClFN2OS.C6H10O2.BBr3/c1-4-7-17(2)27(34)32-10-12-33(13-11-32)28-22-16-23(29)24(25(30)26(22)31-36-28)21-15-19(35-3)14-18-8-5-6-9-20(18)21;1-15(6-11-32)25(34)30-7-9-31(10-8-30)26-20-14-21(27)22(23(28)24(20)29-35-26)19-13-17(33)12-16-4-2-3-5-18(16)19;1-28-15-11-14-7-3-4-8-16(14)17(12-15)20-19(24)13-18-22(21(20)25)26-29-23(18)27-9-5-2-6-10-27;1-3-4-5(2)6(7)8;2-1(3)4/h5-6,8-9,14-16H,2,4,7,10-13H2,1,3H3;2-5,12-14,32-33H,1,6-11H2;3-4,7-8,11-13H,2,5-6,9-10H2,1H3;2-4H2,1H3,(H,7,8);. The molecule has 15 rings (SSSR count). The van der Waals surface area contributed by atoms with Crippen LogP contribution in [0.15, 0.2) is 164 Å². The zero-order valence-corrected chi connectivity index (χ0v) is 71.3. The first-order chi connectivity index (χ1) is 53.9. The Balaban J connectivity index is 0.000000155. The Hall–Kier alpha value is -8.02. The molecular formula is C83H80BBr3Cl3F3N8O8S3.